The molecule has 1 N–H and O–H groups in total. The van der Waals surface area contributed by atoms with Crippen LogP contribution in [0.1, 0.15) is 19.0 Å². The molecular weight excluding hydrogens is 192 g/mol. The van der Waals surface area contributed by atoms with Gasteiger partial charge in [-0.25, -0.2) is 0 Å². The molecule has 0 amide bonds. The summed E-state index contributed by atoms with van der Waals surface area (Å²) in [4.78, 5) is 11.0. The lowest BCUT2D eigenvalue weighted by Gasteiger charge is -2.08. The zero-order chi connectivity index (χ0) is 11.1. The number of nitrogens with one attached hydrogen (secondary N) is 1. The van der Waals surface area contributed by atoms with Crippen LogP contribution in [0.15, 0.2) is 18.3 Å². The average Bonchev–Trinajstić information content (AvgIpc) is 2.70. The number of aryl methyl sites for hydroxylation is 1. The molecule has 4 heteroatoms. The molecule has 0 aliphatic carbocycles. The Hall–Kier alpha value is -1.29. The van der Waals surface area contributed by atoms with Gasteiger partial charge in [0.15, 0.2) is 0 Å². The van der Waals surface area contributed by atoms with E-state index in [1.54, 1.807) is 0 Å². The van der Waals surface area contributed by atoms with E-state index in [-0.39, 0.29) is 5.97 Å². The van der Waals surface area contributed by atoms with Crippen molar-refractivity contribution < 1.29 is 9.53 Å². The van der Waals surface area contributed by atoms with Crippen LogP contribution in [-0.2, 0) is 22.6 Å². The molecule has 0 fully saturated rings. The molecule has 15 heavy (non-hydrogen) atoms. The van der Waals surface area contributed by atoms with Crippen molar-refractivity contribution in [2.75, 3.05) is 13.7 Å². The minimum atomic E-state index is -0.168. The fourth-order valence-electron chi connectivity index (χ4n) is 1.39. The van der Waals surface area contributed by atoms with Gasteiger partial charge in [-0.3, -0.25) is 4.79 Å². The molecule has 1 heterocycles. The summed E-state index contributed by atoms with van der Waals surface area (Å²) in [5.74, 6) is -0.168. The van der Waals surface area contributed by atoms with Gasteiger partial charge in [0, 0.05) is 25.0 Å². The van der Waals surface area contributed by atoms with Crippen LogP contribution in [0.5, 0.6) is 0 Å². The predicted molar refractivity (Wildman–Crippen MR) is 58.4 cm³/mol. The first-order valence-corrected chi connectivity index (χ1v) is 5.19. The molecule has 0 radical (unpaired) electrons. The first kappa shape index (κ1) is 11.8. The van der Waals surface area contributed by atoms with E-state index in [1.165, 1.54) is 12.8 Å². The minimum Gasteiger partial charge on any atom is -0.469 e. The fraction of sp³-hybridized carbons (Fsp3) is 0.545. The molecule has 0 atom stereocenters. The minimum absolute atomic E-state index is 0.168. The lowest BCUT2D eigenvalue weighted by molar-refractivity contribution is -0.140. The molecule has 0 spiro atoms. The molecule has 1 aromatic rings. The number of rotatable bonds is 6. The number of carbonyl (C=O) groups is 1. The van der Waals surface area contributed by atoms with Gasteiger partial charge in [-0.15, -0.1) is 0 Å². The van der Waals surface area contributed by atoms with E-state index in [0.29, 0.717) is 13.0 Å². The summed E-state index contributed by atoms with van der Waals surface area (Å²) < 4.78 is 6.67. The van der Waals surface area contributed by atoms with Gasteiger partial charge < -0.3 is 14.6 Å². The van der Waals surface area contributed by atoms with Gasteiger partial charge >= 0.3 is 5.97 Å². The molecule has 0 saturated carbocycles. The largest absolute Gasteiger partial charge is 0.469 e. The van der Waals surface area contributed by atoms with Gasteiger partial charge in [0.2, 0.25) is 0 Å². The Morgan fingerprint density at radius 3 is 3.07 bits per heavy atom. The molecule has 0 aliphatic rings. The predicted octanol–water partition coefficient (Wildman–Crippen LogP) is 1.16. The summed E-state index contributed by atoms with van der Waals surface area (Å²) in [5.41, 5.74) is 1.20. The number of aromatic nitrogens is 1. The third kappa shape index (κ3) is 3.75. The van der Waals surface area contributed by atoms with Crippen LogP contribution in [0.3, 0.4) is 0 Å². The van der Waals surface area contributed by atoms with Crippen molar-refractivity contribution in [3.8, 4) is 0 Å². The SMILES string of the molecule is CCNCc1cccn1CCC(=O)OC. The highest BCUT2D eigenvalue weighted by molar-refractivity contribution is 5.68. The first-order chi connectivity index (χ1) is 7.27. The summed E-state index contributed by atoms with van der Waals surface area (Å²) in [6, 6.07) is 4.05. The Labute approximate surface area is 90.2 Å². The Bertz CT molecular complexity index is 307. The summed E-state index contributed by atoms with van der Waals surface area (Å²) in [6.45, 7) is 4.54. The summed E-state index contributed by atoms with van der Waals surface area (Å²) >= 11 is 0. The van der Waals surface area contributed by atoms with Crippen LogP contribution in [0.2, 0.25) is 0 Å². The maximum atomic E-state index is 11.0. The molecule has 0 unspecified atom stereocenters. The smallest absolute Gasteiger partial charge is 0.307 e. The van der Waals surface area contributed by atoms with E-state index in [9.17, 15) is 4.79 Å². The van der Waals surface area contributed by atoms with Crippen LogP contribution in [0.4, 0.5) is 0 Å². The van der Waals surface area contributed by atoms with Gasteiger partial charge in [-0.2, -0.15) is 0 Å². The van der Waals surface area contributed by atoms with Crippen LogP contribution in [-0.4, -0.2) is 24.2 Å². The van der Waals surface area contributed by atoms with E-state index in [4.69, 9.17) is 0 Å². The third-order valence-electron chi connectivity index (χ3n) is 2.26. The fourth-order valence-corrected chi connectivity index (χ4v) is 1.39. The Morgan fingerprint density at radius 2 is 2.40 bits per heavy atom. The Kier molecular flexibility index (Phi) is 4.90. The van der Waals surface area contributed by atoms with Crippen molar-refractivity contribution in [2.45, 2.75) is 26.4 Å². The molecule has 0 aromatic carbocycles. The number of methoxy groups -OCH3 is 1. The summed E-state index contributed by atoms with van der Waals surface area (Å²) in [6.07, 6.45) is 2.40. The number of esters is 1. The zero-order valence-electron chi connectivity index (χ0n) is 9.32. The highest BCUT2D eigenvalue weighted by Crippen LogP contribution is 2.03. The van der Waals surface area contributed by atoms with Crippen molar-refractivity contribution in [1.82, 2.24) is 9.88 Å². The monoisotopic (exact) mass is 210 g/mol. The number of hydrogen-bond acceptors (Lipinski definition) is 3. The highest BCUT2D eigenvalue weighted by Gasteiger charge is 2.03. The lowest BCUT2D eigenvalue weighted by atomic mass is 10.4. The van der Waals surface area contributed by atoms with Gasteiger partial charge in [-0.1, -0.05) is 6.92 Å². The molecule has 0 aliphatic heterocycles. The van der Waals surface area contributed by atoms with Crippen molar-refractivity contribution in [1.29, 1.82) is 0 Å². The van der Waals surface area contributed by atoms with E-state index in [2.05, 4.69) is 27.6 Å². The standard InChI is InChI=1S/C11H18N2O2/c1-3-12-9-10-5-4-7-13(10)8-6-11(14)15-2/h4-5,7,12H,3,6,8-9H2,1-2H3. The quantitative estimate of drug-likeness (QED) is 0.716. The zero-order valence-corrected chi connectivity index (χ0v) is 9.32. The van der Waals surface area contributed by atoms with Crippen molar-refractivity contribution >= 4 is 5.97 Å². The second-order valence-corrected chi connectivity index (χ2v) is 3.30. The van der Waals surface area contributed by atoms with E-state index in [1.807, 2.05) is 12.3 Å². The van der Waals surface area contributed by atoms with Gasteiger partial charge in [0.1, 0.15) is 0 Å². The van der Waals surface area contributed by atoms with E-state index in [0.717, 1.165) is 13.1 Å². The van der Waals surface area contributed by atoms with E-state index >= 15 is 0 Å². The number of hydrogen-bond donors (Lipinski definition) is 1. The highest BCUT2D eigenvalue weighted by atomic mass is 16.5. The van der Waals surface area contributed by atoms with E-state index < -0.39 is 0 Å². The van der Waals surface area contributed by atoms with Gasteiger partial charge in [0.05, 0.1) is 13.5 Å². The molecule has 1 rings (SSSR count). The topological polar surface area (TPSA) is 43.3 Å². The molecule has 1 aromatic heterocycles. The molecular formula is C11H18N2O2. The lowest BCUT2D eigenvalue weighted by Crippen LogP contribution is -2.16. The molecule has 84 valence electrons. The average molecular weight is 210 g/mol. The molecule has 4 nitrogen and oxygen atoms in total. The normalized spacial score (nSPS) is 10.3. The maximum absolute atomic E-state index is 11.0. The second-order valence-electron chi connectivity index (χ2n) is 3.30. The van der Waals surface area contributed by atoms with Crippen molar-refractivity contribution in [3.05, 3.63) is 24.0 Å². The van der Waals surface area contributed by atoms with Crippen molar-refractivity contribution in [2.24, 2.45) is 0 Å². The summed E-state index contributed by atoms with van der Waals surface area (Å²) in [7, 11) is 1.41. The summed E-state index contributed by atoms with van der Waals surface area (Å²) in [5, 5.41) is 3.26. The third-order valence-corrected chi connectivity index (χ3v) is 2.26. The van der Waals surface area contributed by atoms with Crippen LogP contribution < -0.4 is 5.32 Å². The molecule has 0 saturated heterocycles. The first-order valence-electron chi connectivity index (χ1n) is 5.19. The van der Waals surface area contributed by atoms with Gasteiger partial charge in [-0.05, 0) is 18.7 Å². The maximum Gasteiger partial charge on any atom is 0.307 e. The van der Waals surface area contributed by atoms with Crippen LogP contribution in [0, 0.1) is 0 Å². The van der Waals surface area contributed by atoms with Crippen LogP contribution >= 0.6 is 0 Å². The Balaban J connectivity index is 2.45. The molecule has 0 bridgehead atoms. The van der Waals surface area contributed by atoms with Crippen molar-refractivity contribution in [3.63, 3.8) is 0 Å². The van der Waals surface area contributed by atoms with Crippen LogP contribution in [0.25, 0.3) is 0 Å². The number of carbonyl (C=O) groups excluding carboxylic acids is 1. The number of nitrogens with zero attached hydrogens (tertiary/aromatic N) is 1. The second kappa shape index (κ2) is 6.24. The number of ether oxygens (including phenoxy) is 1. The Morgan fingerprint density at radius 1 is 1.60 bits per heavy atom. The van der Waals surface area contributed by atoms with Gasteiger partial charge in [0.25, 0.3) is 0 Å².